The van der Waals surface area contributed by atoms with Gasteiger partial charge in [0, 0.05) is 11.1 Å². The fourth-order valence-corrected chi connectivity index (χ4v) is 2.21. The lowest BCUT2D eigenvalue weighted by atomic mass is 9.91. The van der Waals surface area contributed by atoms with Crippen LogP contribution in [-0.4, -0.2) is 16.6 Å². The molecule has 1 aromatic heterocycles. The quantitative estimate of drug-likeness (QED) is 0.499. The average molecular weight is 353 g/mol. The summed E-state index contributed by atoms with van der Waals surface area (Å²) in [4.78, 5) is 28.5. The Morgan fingerprint density at radius 1 is 1.17 bits per heavy atom. The number of halogens is 1. The second kappa shape index (κ2) is 4.01. The number of alkyl halides is 1. The van der Waals surface area contributed by atoms with Crippen LogP contribution in [-0.2, 0) is 0 Å². The lowest BCUT2D eigenvalue weighted by Gasteiger charge is -2.10. The molecule has 1 aromatic carbocycles. The first kappa shape index (κ1) is 11.6. The van der Waals surface area contributed by atoms with Crippen molar-refractivity contribution < 1.29 is 14.0 Å². The molecule has 4 nitrogen and oxygen atoms in total. The van der Waals surface area contributed by atoms with Crippen molar-refractivity contribution in [3.05, 3.63) is 52.7 Å². The third kappa shape index (κ3) is 1.53. The van der Waals surface area contributed by atoms with Crippen molar-refractivity contribution in [1.29, 1.82) is 0 Å². The molecule has 0 radical (unpaired) electrons. The molecular formula is C13H8INO3. The summed E-state index contributed by atoms with van der Waals surface area (Å²) in [6.45, 7) is 1.89. The summed E-state index contributed by atoms with van der Waals surface area (Å²) in [7, 11) is 0. The Hall–Kier alpha value is -1.50. The molecule has 90 valence electrons. The topological polar surface area (TPSA) is 60.2 Å². The van der Waals surface area contributed by atoms with Crippen molar-refractivity contribution in [2.24, 2.45) is 0 Å². The zero-order valence-corrected chi connectivity index (χ0v) is 11.6. The van der Waals surface area contributed by atoms with Gasteiger partial charge >= 0.3 is 0 Å². The smallest absolute Gasteiger partial charge is 0.231 e. The minimum atomic E-state index is -0.268. The molecule has 2 aromatic rings. The van der Waals surface area contributed by atoms with Crippen LogP contribution in [0, 0.1) is 0 Å². The zero-order valence-electron chi connectivity index (χ0n) is 9.44. The summed E-state index contributed by atoms with van der Waals surface area (Å²) >= 11 is 2.13. The van der Waals surface area contributed by atoms with Crippen LogP contribution in [0.1, 0.15) is 48.9 Å². The van der Waals surface area contributed by atoms with Crippen LogP contribution in [0.4, 0.5) is 0 Å². The maximum absolute atomic E-state index is 12.2. The number of nitrogens with zero attached hydrogens (tertiary/aromatic N) is 1. The van der Waals surface area contributed by atoms with Gasteiger partial charge in [0.1, 0.15) is 0 Å². The van der Waals surface area contributed by atoms with Crippen molar-refractivity contribution in [2.45, 2.75) is 10.8 Å². The number of aromatic nitrogens is 1. The molecule has 0 bridgehead atoms. The van der Waals surface area contributed by atoms with Gasteiger partial charge < -0.3 is 4.42 Å². The molecule has 0 fully saturated rings. The van der Waals surface area contributed by atoms with Gasteiger partial charge in [-0.05, 0) is 6.92 Å². The van der Waals surface area contributed by atoms with Crippen LogP contribution >= 0.6 is 22.6 Å². The molecule has 0 N–H and O–H groups in total. The van der Waals surface area contributed by atoms with E-state index < -0.39 is 0 Å². The minimum Gasteiger partial charge on any atom is -0.435 e. The summed E-state index contributed by atoms with van der Waals surface area (Å²) in [6.07, 6.45) is 0. The molecule has 0 saturated heterocycles. The standard InChI is InChI=1S/C13H8INO3/c1-6(14)13-15-9-10(16)7-4-2-3-5-8(7)11(17)12(9)18-13/h2-6H,1H3. The monoisotopic (exact) mass is 353 g/mol. The summed E-state index contributed by atoms with van der Waals surface area (Å²) < 4.78 is 5.43. The number of carbonyl (C=O) groups excluding carboxylic acids is 2. The fraction of sp³-hybridized carbons (Fsp3) is 0.154. The molecule has 3 rings (SSSR count). The molecule has 1 aliphatic carbocycles. The number of rotatable bonds is 1. The number of oxazole rings is 1. The van der Waals surface area contributed by atoms with E-state index in [1.54, 1.807) is 24.3 Å². The molecular weight excluding hydrogens is 345 g/mol. The van der Waals surface area contributed by atoms with Crippen LogP contribution in [0.25, 0.3) is 0 Å². The van der Waals surface area contributed by atoms with E-state index in [0.717, 1.165) is 0 Å². The van der Waals surface area contributed by atoms with Gasteiger partial charge in [-0.15, -0.1) is 0 Å². The number of hydrogen-bond donors (Lipinski definition) is 0. The van der Waals surface area contributed by atoms with Crippen LogP contribution in [0.5, 0.6) is 0 Å². The number of fused-ring (bicyclic) bond motifs is 2. The van der Waals surface area contributed by atoms with Crippen LogP contribution < -0.4 is 0 Å². The number of carbonyl (C=O) groups is 2. The van der Waals surface area contributed by atoms with Crippen molar-refractivity contribution in [3.8, 4) is 0 Å². The van der Waals surface area contributed by atoms with Gasteiger partial charge in [-0.3, -0.25) is 9.59 Å². The highest BCUT2D eigenvalue weighted by Crippen LogP contribution is 2.31. The third-order valence-corrected chi connectivity index (χ3v) is 3.35. The minimum absolute atomic E-state index is 0.0110. The largest absolute Gasteiger partial charge is 0.435 e. The van der Waals surface area contributed by atoms with E-state index >= 15 is 0 Å². The molecule has 1 unspecified atom stereocenters. The van der Waals surface area contributed by atoms with Gasteiger partial charge in [0.25, 0.3) is 0 Å². The van der Waals surface area contributed by atoms with Crippen molar-refractivity contribution in [2.75, 3.05) is 0 Å². The van der Waals surface area contributed by atoms with Crippen molar-refractivity contribution in [1.82, 2.24) is 4.98 Å². The van der Waals surface area contributed by atoms with Crippen LogP contribution in [0.2, 0.25) is 0 Å². The van der Waals surface area contributed by atoms with Gasteiger partial charge in [-0.25, -0.2) is 4.98 Å². The van der Waals surface area contributed by atoms with E-state index in [2.05, 4.69) is 27.6 Å². The molecule has 5 heteroatoms. The second-order valence-electron chi connectivity index (χ2n) is 4.05. The fourth-order valence-electron chi connectivity index (χ4n) is 1.94. The molecule has 0 saturated carbocycles. The highest BCUT2D eigenvalue weighted by molar-refractivity contribution is 14.1. The van der Waals surface area contributed by atoms with Gasteiger partial charge in [0.2, 0.25) is 23.2 Å². The van der Waals surface area contributed by atoms with E-state index in [1.165, 1.54) is 0 Å². The van der Waals surface area contributed by atoms with Crippen molar-refractivity contribution in [3.63, 3.8) is 0 Å². The summed E-state index contributed by atoms with van der Waals surface area (Å²) in [5.41, 5.74) is 0.923. The summed E-state index contributed by atoms with van der Waals surface area (Å²) in [5.74, 6) is -0.0319. The molecule has 1 heterocycles. The van der Waals surface area contributed by atoms with E-state index in [9.17, 15) is 9.59 Å². The summed E-state index contributed by atoms with van der Waals surface area (Å²) in [6, 6.07) is 6.73. The maximum Gasteiger partial charge on any atom is 0.231 e. The SMILES string of the molecule is CC(I)c1nc2c(o1)C(=O)c1ccccc1C2=O. The van der Waals surface area contributed by atoms with Gasteiger partial charge in [0.15, 0.2) is 5.69 Å². The predicted octanol–water partition coefficient (Wildman–Crippen LogP) is 2.95. The number of hydrogen-bond acceptors (Lipinski definition) is 4. The highest BCUT2D eigenvalue weighted by Gasteiger charge is 2.35. The molecule has 18 heavy (non-hydrogen) atoms. The normalized spacial score (nSPS) is 15.2. The third-order valence-electron chi connectivity index (χ3n) is 2.82. The lowest BCUT2D eigenvalue weighted by Crippen LogP contribution is -2.19. The Kier molecular flexibility index (Phi) is 2.58. The second-order valence-corrected chi connectivity index (χ2v) is 5.92. The first-order chi connectivity index (χ1) is 8.59. The maximum atomic E-state index is 12.2. The van der Waals surface area contributed by atoms with E-state index in [1.807, 2.05) is 6.92 Å². The van der Waals surface area contributed by atoms with Crippen LogP contribution in [0.3, 0.4) is 0 Å². The average Bonchev–Trinajstić information content (AvgIpc) is 2.81. The van der Waals surface area contributed by atoms with Gasteiger partial charge in [0.05, 0.1) is 3.92 Å². The Bertz CT molecular complexity index is 620. The predicted molar refractivity (Wildman–Crippen MR) is 72.2 cm³/mol. The molecule has 0 amide bonds. The Balaban J connectivity index is 2.24. The first-order valence-corrected chi connectivity index (χ1v) is 6.67. The van der Waals surface area contributed by atoms with Gasteiger partial charge in [-0.1, -0.05) is 46.9 Å². The molecule has 1 atom stereocenters. The van der Waals surface area contributed by atoms with E-state index in [-0.39, 0.29) is 26.9 Å². The van der Waals surface area contributed by atoms with Crippen molar-refractivity contribution >= 4 is 34.2 Å². The molecule has 1 aliphatic rings. The summed E-state index contributed by atoms with van der Waals surface area (Å²) in [5, 5.41) is 0. The van der Waals surface area contributed by atoms with E-state index in [4.69, 9.17) is 4.42 Å². The molecule has 0 spiro atoms. The highest BCUT2D eigenvalue weighted by atomic mass is 127. The first-order valence-electron chi connectivity index (χ1n) is 5.43. The Labute approximate surface area is 117 Å². The number of ketones is 2. The van der Waals surface area contributed by atoms with Crippen LogP contribution in [0.15, 0.2) is 28.7 Å². The lowest BCUT2D eigenvalue weighted by molar-refractivity contribution is 0.0958. The number of benzene rings is 1. The zero-order chi connectivity index (χ0) is 12.9. The Morgan fingerprint density at radius 3 is 2.39 bits per heavy atom. The Morgan fingerprint density at radius 2 is 1.78 bits per heavy atom. The van der Waals surface area contributed by atoms with Gasteiger partial charge in [-0.2, -0.15) is 0 Å². The molecule has 0 aliphatic heterocycles. The van der Waals surface area contributed by atoms with E-state index in [0.29, 0.717) is 17.0 Å².